The molecule has 0 heterocycles. The van der Waals surface area contributed by atoms with Gasteiger partial charge in [-0.25, -0.2) is 0 Å². The molecule has 3 aromatic carbocycles. The Labute approximate surface area is 159 Å². The molecule has 2 atom stereocenters. The summed E-state index contributed by atoms with van der Waals surface area (Å²) in [5, 5.41) is 12.5. The van der Waals surface area contributed by atoms with Crippen molar-refractivity contribution < 1.29 is 22.4 Å². The van der Waals surface area contributed by atoms with Crippen LogP contribution in [0.2, 0.25) is 0 Å². The molecule has 0 radical (unpaired) electrons. The van der Waals surface area contributed by atoms with Gasteiger partial charge in [0.05, 0.1) is 12.0 Å². The third-order valence-corrected chi connectivity index (χ3v) is 5.85. The van der Waals surface area contributed by atoms with Crippen molar-refractivity contribution in [1.29, 1.82) is 0 Å². The standard InChI is InChI=1S/C21H22O5S/c1-14-4-10-20(11-5-14)27(23,24)26-15(2)21(22)18-7-6-17-13-19(25-3)9-8-16(17)12-18/h4-13,15,21-22H,1-3H3/t15?,21-/m1/s1. The molecule has 1 unspecified atom stereocenters. The average molecular weight is 386 g/mol. The van der Waals surface area contributed by atoms with E-state index < -0.39 is 22.3 Å². The molecule has 0 aliphatic rings. The first-order chi connectivity index (χ1) is 12.8. The predicted octanol–water partition coefficient (Wildman–Crippen LogP) is 3.98. The quantitative estimate of drug-likeness (QED) is 0.649. The largest absolute Gasteiger partial charge is 0.497 e. The minimum atomic E-state index is -3.96. The van der Waals surface area contributed by atoms with E-state index in [2.05, 4.69) is 0 Å². The molecule has 0 aliphatic carbocycles. The zero-order valence-corrected chi connectivity index (χ0v) is 16.2. The van der Waals surface area contributed by atoms with Crippen LogP contribution in [0.25, 0.3) is 10.8 Å². The van der Waals surface area contributed by atoms with E-state index in [1.165, 1.54) is 19.1 Å². The Kier molecular flexibility index (Phi) is 5.51. The Bertz CT molecular complexity index is 1040. The molecule has 0 amide bonds. The van der Waals surface area contributed by atoms with E-state index in [4.69, 9.17) is 8.92 Å². The van der Waals surface area contributed by atoms with E-state index in [-0.39, 0.29) is 4.90 Å². The molecule has 6 heteroatoms. The summed E-state index contributed by atoms with van der Waals surface area (Å²) >= 11 is 0. The first-order valence-corrected chi connectivity index (χ1v) is 9.97. The summed E-state index contributed by atoms with van der Waals surface area (Å²) < 4.78 is 35.3. The number of hydrogen-bond donors (Lipinski definition) is 1. The van der Waals surface area contributed by atoms with Gasteiger partial charge in [0.25, 0.3) is 10.1 Å². The smallest absolute Gasteiger partial charge is 0.297 e. The van der Waals surface area contributed by atoms with Crippen molar-refractivity contribution in [2.45, 2.75) is 31.0 Å². The molecule has 5 nitrogen and oxygen atoms in total. The third-order valence-electron chi connectivity index (χ3n) is 4.45. The van der Waals surface area contributed by atoms with Crippen LogP contribution in [0, 0.1) is 6.92 Å². The van der Waals surface area contributed by atoms with Gasteiger partial charge in [0.1, 0.15) is 18.0 Å². The lowest BCUT2D eigenvalue weighted by Crippen LogP contribution is -2.22. The lowest BCUT2D eigenvalue weighted by atomic mass is 10.0. The van der Waals surface area contributed by atoms with Crippen molar-refractivity contribution in [1.82, 2.24) is 0 Å². The van der Waals surface area contributed by atoms with Crippen LogP contribution >= 0.6 is 0 Å². The predicted molar refractivity (Wildman–Crippen MR) is 104 cm³/mol. The second-order valence-corrected chi connectivity index (χ2v) is 8.06. The van der Waals surface area contributed by atoms with E-state index in [1.807, 2.05) is 37.3 Å². The van der Waals surface area contributed by atoms with E-state index >= 15 is 0 Å². The molecular weight excluding hydrogens is 364 g/mol. The van der Waals surface area contributed by atoms with Gasteiger partial charge in [-0.1, -0.05) is 35.9 Å². The molecule has 3 aromatic rings. The molecular formula is C21H22O5S. The maximum atomic E-state index is 12.4. The lowest BCUT2D eigenvalue weighted by molar-refractivity contribution is 0.0509. The fraction of sp³-hybridized carbons (Fsp3) is 0.238. The van der Waals surface area contributed by atoms with E-state index in [0.717, 1.165) is 22.1 Å². The SMILES string of the molecule is COc1ccc2cc([C@H](O)C(C)OS(=O)(=O)c3ccc(C)cc3)ccc2c1. The maximum Gasteiger partial charge on any atom is 0.297 e. The number of benzene rings is 3. The first-order valence-electron chi connectivity index (χ1n) is 8.56. The van der Waals surface area contributed by atoms with Crippen molar-refractivity contribution >= 4 is 20.9 Å². The monoisotopic (exact) mass is 386 g/mol. The fourth-order valence-corrected chi connectivity index (χ4v) is 3.92. The molecule has 142 valence electrons. The summed E-state index contributed by atoms with van der Waals surface area (Å²) in [5.74, 6) is 0.747. The van der Waals surface area contributed by atoms with Crippen LogP contribution < -0.4 is 4.74 Å². The van der Waals surface area contributed by atoms with Crippen molar-refractivity contribution in [3.63, 3.8) is 0 Å². The molecule has 27 heavy (non-hydrogen) atoms. The van der Waals surface area contributed by atoms with Crippen LogP contribution in [0.4, 0.5) is 0 Å². The van der Waals surface area contributed by atoms with Crippen LogP contribution in [0.3, 0.4) is 0 Å². The van der Waals surface area contributed by atoms with E-state index in [1.54, 1.807) is 25.3 Å². The summed E-state index contributed by atoms with van der Waals surface area (Å²) in [5.41, 5.74) is 1.54. The zero-order valence-electron chi connectivity index (χ0n) is 15.4. The fourth-order valence-electron chi connectivity index (χ4n) is 2.84. The molecule has 0 aromatic heterocycles. The van der Waals surface area contributed by atoms with Gasteiger partial charge in [-0.3, -0.25) is 4.18 Å². The van der Waals surface area contributed by atoms with Crippen molar-refractivity contribution in [3.05, 3.63) is 71.8 Å². The number of aliphatic hydroxyl groups is 1. The molecule has 0 fully saturated rings. The second kappa shape index (κ2) is 7.68. The lowest BCUT2D eigenvalue weighted by Gasteiger charge is -2.20. The molecule has 0 saturated carbocycles. The highest BCUT2D eigenvalue weighted by Gasteiger charge is 2.25. The second-order valence-electron chi connectivity index (χ2n) is 6.49. The number of rotatable bonds is 6. The number of aliphatic hydroxyl groups excluding tert-OH is 1. The van der Waals surface area contributed by atoms with Gasteiger partial charge in [0, 0.05) is 0 Å². The minimum absolute atomic E-state index is 0.0674. The van der Waals surface area contributed by atoms with E-state index in [9.17, 15) is 13.5 Å². The summed E-state index contributed by atoms with van der Waals surface area (Å²) in [6.45, 7) is 3.41. The Hall–Kier alpha value is -2.41. The Morgan fingerprint density at radius 3 is 2.22 bits per heavy atom. The van der Waals surface area contributed by atoms with Crippen molar-refractivity contribution in [3.8, 4) is 5.75 Å². The first kappa shape index (κ1) is 19.4. The van der Waals surface area contributed by atoms with Gasteiger partial charge in [-0.2, -0.15) is 8.42 Å². The number of methoxy groups -OCH3 is 1. The number of ether oxygens (including phenoxy) is 1. The summed E-state index contributed by atoms with van der Waals surface area (Å²) in [6.07, 6.45) is -2.02. The topological polar surface area (TPSA) is 72.8 Å². The number of fused-ring (bicyclic) bond motifs is 1. The molecule has 0 aliphatic heterocycles. The van der Waals surface area contributed by atoms with Crippen LogP contribution in [0.5, 0.6) is 5.75 Å². The highest BCUT2D eigenvalue weighted by molar-refractivity contribution is 7.86. The van der Waals surface area contributed by atoms with Gasteiger partial charge in [0.2, 0.25) is 0 Å². The molecule has 0 bridgehead atoms. The maximum absolute atomic E-state index is 12.4. The van der Waals surface area contributed by atoms with Crippen LogP contribution in [-0.2, 0) is 14.3 Å². The van der Waals surface area contributed by atoms with Gasteiger partial charge in [-0.15, -0.1) is 0 Å². The van der Waals surface area contributed by atoms with E-state index in [0.29, 0.717) is 5.56 Å². The van der Waals surface area contributed by atoms with Gasteiger partial charge in [-0.05, 0) is 60.5 Å². The van der Waals surface area contributed by atoms with Crippen LogP contribution in [0.15, 0.2) is 65.6 Å². The van der Waals surface area contributed by atoms with Gasteiger partial charge < -0.3 is 9.84 Å². The number of hydrogen-bond acceptors (Lipinski definition) is 5. The van der Waals surface area contributed by atoms with Crippen LogP contribution in [0.1, 0.15) is 24.2 Å². The zero-order chi connectivity index (χ0) is 19.6. The molecule has 1 N–H and O–H groups in total. The minimum Gasteiger partial charge on any atom is -0.497 e. The normalized spacial score (nSPS) is 14.1. The van der Waals surface area contributed by atoms with Crippen molar-refractivity contribution in [2.24, 2.45) is 0 Å². The highest BCUT2D eigenvalue weighted by Crippen LogP contribution is 2.28. The number of aryl methyl sites for hydroxylation is 1. The third kappa shape index (κ3) is 4.30. The van der Waals surface area contributed by atoms with Crippen molar-refractivity contribution in [2.75, 3.05) is 7.11 Å². The summed E-state index contributed by atoms with van der Waals surface area (Å²) in [6, 6.07) is 17.4. The summed E-state index contributed by atoms with van der Waals surface area (Å²) in [4.78, 5) is 0.0674. The Morgan fingerprint density at radius 2 is 1.56 bits per heavy atom. The van der Waals surface area contributed by atoms with Crippen LogP contribution in [-0.4, -0.2) is 26.7 Å². The Balaban J connectivity index is 1.81. The Morgan fingerprint density at radius 1 is 0.926 bits per heavy atom. The molecule has 0 spiro atoms. The summed E-state index contributed by atoms with van der Waals surface area (Å²) in [7, 11) is -2.35. The molecule has 0 saturated heterocycles. The molecule has 3 rings (SSSR count). The average Bonchev–Trinajstić information content (AvgIpc) is 2.66. The van der Waals surface area contributed by atoms with Gasteiger partial charge in [0.15, 0.2) is 0 Å². The highest BCUT2D eigenvalue weighted by atomic mass is 32.2. The van der Waals surface area contributed by atoms with Gasteiger partial charge >= 0.3 is 0 Å².